The zero-order valence-electron chi connectivity index (χ0n) is 8.63. The quantitative estimate of drug-likeness (QED) is 0.844. The Morgan fingerprint density at radius 1 is 1.43 bits per heavy atom. The normalized spacial score (nSPS) is 27.4. The second kappa shape index (κ2) is 4.19. The van der Waals surface area contributed by atoms with Crippen LogP contribution in [0, 0.1) is 9.49 Å². The Bertz CT molecular complexity index is 324. The van der Waals surface area contributed by atoms with E-state index in [1.165, 1.54) is 15.6 Å². The van der Waals surface area contributed by atoms with Gasteiger partial charge in [-0.15, -0.1) is 0 Å². The lowest BCUT2D eigenvalue weighted by atomic mass is 10.1. The Morgan fingerprint density at radius 3 is 2.64 bits per heavy atom. The summed E-state index contributed by atoms with van der Waals surface area (Å²) < 4.78 is 1.36. The minimum atomic E-state index is 0.484. The maximum Gasteiger partial charge on any atom is 0.0304 e. The molecule has 1 saturated carbocycles. The largest absolute Gasteiger partial charge is 0.307 e. The van der Waals surface area contributed by atoms with Gasteiger partial charge >= 0.3 is 0 Å². The van der Waals surface area contributed by atoms with Crippen molar-refractivity contribution in [3.8, 4) is 0 Å². The van der Waals surface area contributed by atoms with Gasteiger partial charge in [-0.1, -0.05) is 25.1 Å². The number of hydrogen-bond donors (Lipinski definition) is 1. The predicted molar refractivity (Wildman–Crippen MR) is 68.3 cm³/mol. The molecule has 1 unspecified atom stereocenters. The van der Waals surface area contributed by atoms with Gasteiger partial charge in [0.15, 0.2) is 0 Å². The lowest BCUT2D eigenvalue weighted by molar-refractivity contribution is 0.550. The molecule has 0 aromatic heterocycles. The molecule has 0 amide bonds. The monoisotopic (exact) mass is 301 g/mol. The van der Waals surface area contributed by atoms with E-state index in [1.807, 2.05) is 0 Å². The first-order chi connectivity index (χ1) is 6.68. The molecule has 3 atom stereocenters. The van der Waals surface area contributed by atoms with Crippen molar-refractivity contribution in [3.05, 3.63) is 33.4 Å². The highest BCUT2D eigenvalue weighted by Crippen LogP contribution is 2.32. The van der Waals surface area contributed by atoms with Gasteiger partial charge < -0.3 is 5.32 Å². The van der Waals surface area contributed by atoms with Crippen molar-refractivity contribution in [2.24, 2.45) is 5.92 Å². The fraction of sp³-hybridized carbons (Fsp3) is 0.500. The highest BCUT2D eigenvalue weighted by atomic mass is 127. The first kappa shape index (κ1) is 10.4. The molecule has 2 heteroatoms. The van der Waals surface area contributed by atoms with Gasteiger partial charge in [-0.25, -0.2) is 0 Å². The zero-order valence-corrected chi connectivity index (χ0v) is 10.8. The predicted octanol–water partition coefficient (Wildman–Crippen LogP) is 3.35. The minimum absolute atomic E-state index is 0.484. The lowest BCUT2D eigenvalue weighted by Gasteiger charge is -2.15. The zero-order chi connectivity index (χ0) is 10.1. The molecule has 76 valence electrons. The number of halogens is 1. The van der Waals surface area contributed by atoms with Crippen LogP contribution in [0.1, 0.15) is 31.9 Å². The van der Waals surface area contributed by atoms with Crippen molar-refractivity contribution in [2.75, 3.05) is 0 Å². The maximum absolute atomic E-state index is 3.66. The van der Waals surface area contributed by atoms with Crippen molar-refractivity contribution in [1.82, 2.24) is 5.32 Å². The van der Waals surface area contributed by atoms with Gasteiger partial charge in [0.1, 0.15) is 0 Å². The van der Waals surface area contributed by atoms with E-state index in [0.717, 1.165) is 12.0 Å². The summed E-state index contributed by atoms with van der Waals surface area (Å²) in [5, 5.41) is 3.66. The molecular weight excluding hydrogens is 285 g/mol. The van der Waals surface area contributed by atoms with E-state index in [4.69, 9.17) is 0 Å². The smallest absolute Gasteiger partial charge is 0.0304 e. The van der Waals surface area contributed by atoms with E-state index >= 15 is 0 Å². The summed E-state index contributed by atoms with van der Waals surface area (Å²) in [6.07, 6.45) is 1.34. The van der Waals surface area contributed by atoms with Crippen LogP contribution < -0.4 is 5.32 Å². The Morgan fingerprint density at radius 2 is 2.07 bits per heavy atom. The van der Waals surface area contributed by atoms with Gasteiger partial charge in [0.2, 0.25) is 0 Å². The van der Waals surface area contributed by atoms with E-state index in [9.17, 15) is 0 Å². The first-order valence-electron chi connectivity index (χ1n) is 5.19. The topological polar surface area (TPSA) is 12.0 Å². The summed E-state index contributed by atoms with van der Waals surface area (Å²) in [5.74, 6) is 0.874. The molecule has 1 aliphatic carbocycles. The van der Waals surface area contributed by atoms with Crippen LogP contribution in [0.25, 0.3) is 0 Å². The lowest BCUT2D eigenvalue weighted by Crippen LogP contribution is -2.22. The van der Waals surface area contributed by atoms with Crippen molar-refractivity contribution < 1.29 is 0 Å². The summed E-state index contributed by atoms with van der Waals surface area (Å²) in [5.41, 5.74) is 1.42. The molecule has 2 rings (SSSR count). The molecule has 14 heavy (non-hydrogen) atoms. The van der Waals surface area contributed by atoms with Crippen LogP contribution in [0.3, 0.4) is 0 Å². The Hall–Kier alpha value is -0.0900. The van der Waals surface area contributed by atoms with Crippen molar-refractivity contribution in [3.63, 3.8) is 0 Å². The van der Waals surface area contributed by atoms with E-state index in [-0.39, 0.29) is 0 Å². The van der Waals surface area contributed by atoms with Gasteiger partial charge in [0, 0.05) is 15.7 Å². The highest BCUT2D eigenvalue weighted by Gasteiger charge is 2.33. The molecule has 0 radical (unpaired) electrons. The van der Waals surface area contributed by atoms with Crippen LogP contribution in [0.15, 0.2) is 24.3 Å². The van der Waals surface area contributed by atoms with Crippen LogP contribution in [0.4, 0.5) is 0 Å². The van der Waals surface area contributed by atoms with E-state index in [0.29, 0.717) is 6.04 Å². The van der Waals surface area contributed by atoms with Gasteiger partial charge in [-0.3, -0.25) is 0 Å². The summed E-state index contributed by atoms with van der Waals surface area (Å²) >= 11 is 2.41. The molecule has 0 aliphatic heterocycles. The third-order valence-electron chi connectivity index (χ3n) is 2.95. The summed E-state index contributed by atoms with van der Waals surface area (Å²) in [4.78, 5) is 0. The number of rotatable bonds is 3. The van der Waals surface area contributed by atoms with E-state index in [1.54, 1.807) is 0 Å². The summed E-state index contributed by atoms with van der Waals surface area (Å²) in [7, 11) is 0. The molecule has 0 spiro atoms. The first-order valence-corrected chi connectivity index (χ1v) is 6.27. The Labute approximate surface area is 99.4 Å². The summed E-state index contributed by atoms with van der Waals surface area (Å²) in [6, 6.07) is 9.83. The standard InChI is InChI=1S/C12H16IN/c1-8-7-12(8)14-9(2)10-5-3-4-6-11(10)13/h3-6,8-9,12,14H,7H2,1-2H3/t8-,9?,12-/m1/s1. The fourth-order valence-corrected chi connectivity index (χ4v) is 2.65. The molecule has 1 aromatic rings. The van der Waals surface area contributed by atoms with E-state index < -0.39 is 0 Å². The molecule has 0 heterocycles. The van der Waals surface area contributed by atoms with Gasteiger partial charge in [-0.2, -0.15) is 0 Å². The number of hydrogen-bond acceptors (Lipinski definition) is 1. The van der Waals surface area contributed by atoms with Gasteiger partial charge in [-0.05, 0) is 53.5 Å². The van der Waals surface area contributed by atoms with Crippen LogP contribution in [-0.4, -0.2) is 6.04 Å². The molecule has 1 N–H and O–H groups in total. The molecular formula is C12H16IN. The third kappa shape index (κ3) is 2.28. The molecule has 0 bridgehead atoms. The van der Waals surface area contributed by atoms with Gasteiger partial charge in [0.05, 0.1) is 0 Å². The molecule has 0 saturated heterocycles. The second-order valence-electron chi connectivity index (χ2n) is 4.23. The van der Waals surface area contributed by atoms with Crippen molar-refractivity contribution >= 4 is 22.6 Å². The van der Waals surface area contributed by atoms with Gasteiger partial charge in [0.25, 0.3) is 0 Å². The third-order valence-corrected chi connectivity index (χ3v) is 3.93. The molecule has 1 fully saturated rings. The van der Waals surface area contributed by atoms with Crippen molar-refractivity contribution in [2.45, 2.75) is 32.4 Å². The van der Waals surface area contributed by atoms with Crippen LogP contribution in [0.2, 0.25) is 0 Å². The molecule has 1 nitrogen and oxygen atoms in total. The Balaban J connectivity index is 2.03. The van der Waals surface area contributed by atoms with Crippen LogP contribution in [-0.2, 0) is 0 Å². The Kier molecular flexibility index (Phi) is 3.12. The summed E-state index contributed by atoms with van der Waals surface area (Å²) in [6.45, 7) is 4.56. The van der Waals surface area contributed by atoms with Crippen LogP contribution >= 0.6 is 22.6 Å². The second-order valence-corrected chi connectivity index (χ2v) is 5.39. The van der Waals surface area contributed by atoms with E-state index in [2.05, 4.69) is 66.0 Å². The molecule has 1 aliphatic rings. The number of nitrogens with one attached hydrogen (secondary N) is 1. The maximum atomic E-state index is 3.66. The average molecular weight is 301 g/mol. The molecule has 1 aromatic carbocycles. The highest BCUT2D eigenvalue weighted by molar-refractivity contribution is 14.1. The average Bonchev–Trinajstić information content (AvgIpc) is 2.82. The fourth-order valence-electron chi connectivity index (χ4n) is 1.79. The van der Waals surface area contributed by atoms with Crippen molar-refractivity contribution in [1.29, 1.82) is 0 Å². The van der Waals surface area contributed by atoms with Crippen LogP contribution in [0.5, 0.6) is 0 Å². The minimum Gasteiger partial charge on any atom is -0.307 e. The number of benzene rings is 1. The SMILES string of the molecule is CC(N[C@@H]1C[C@H]1C)c1ccccc1I.